The van der Waals surface area contributed by atoms with Crippen molar-refractivity contribution in [3.05, 3.63) is 46.0 Å². The zero-order valence-corrected chi connectivity index (χ0v) is 27.2. The number of carboxylic acids is 1. The van der Waals surface area contributed by atoms with Gasteiger partial charge in [-0.2, -0.15) is 0 Å². The van der Waals surface area contributed by atoms with Crippen LogP contribution in [0.3, 0.4) is 0 Å². The highest BCUT2D eigenvalue weighted by Crippen LogP contribution is 2.22. The number of aliphatic carboxylic acids is 1. The molecule has 18 heteroatoms. The molecule has 1 aliphatic rings. The first kappa shape index (κ1) is 39.3. The van der Waals surface area contributed by atoms with Crippen molar-refractivity contribution in [1.82, 2.24) is 20.9 Å². The number of carbonyl (C=O) groups excluding carboxylic acids is 4. The number of hydrogen-bond donors (Lipinski definition) is 8. The average Bonchev–Trinajstić information content (AvgIpc) is 3.53. The van der Waals surface area contributed by atoms with E-state index in [-0.39, 0.29) is 31.9 Å². The number of carbonyl (C=O) groups is 5. The molecular weight excluding hydrogens is 628 g/mol. The van der Waals surface area contributed by atoms with E-state index in [0.717, 1.165) is 10.5 Å². The fourth-order valence-corrected chi connectivity index (χ4v) is 5.53. The quantitative estimate of drug-likeness (QED) is 0.0335. The highest BCUT2D eigenvalue weighted by atomic mass is 16.6. The second kappa shape index (κ2) is 19.1. The van der Waals surface area contributed by atoms with Crippen LogP contribution in [0.4, 0.5) is 0 Å². The first-order chi connectivity index (χ1) is 22.7. The normalized spacial score (nSPS) is 17.9. The molecule has 0 aromatic heterocycles. The van der Waals surface area contributed by atoms with Crippen molar-refractivity contribution >= 4 is 35.6 Å². The minimum absolute atomic E-state index is 0.0454. The van der Waals surface area contributed by atoms with Gasteiger partial charge in [-0.25, -0.2) is 4.79 Å². The number of rotatable bonds is 19. The minimum Gasteiger partial charge on any atom is -0.480 e. The van der Waals surface area contributed by atoms with Crippen molar-refractivity contribution in [2.45, 2.75) is 88.6 Å². The minimum atomic E-state index is -1.70. The largest absolute Gasteiger partial charge is 0.480 e. The molecule has 0 spiro atoms. The standard InChI is InChI=1S/C30H48N10O8/c1-17(32)25(41)38-24(21(40(47)48)12-14-35-30(33)34)28(44)39-15-7-11-22(39)27(43)36-18(2)26(42)37-23(29(45)46)20(10-6-13-31)16-19-8-4-3-5-9-19/h3-5,8-9,17-18,20-24H,6-7,10-16,31-32H2,1-2H3,(H,36,43)(H,37,42)(H,38,41)(H,45,46)(H4,33,34,35)/t17-,18-,20?,21?,22-,23-,24-/m0/s1. The van der Waals surface area contributed by atoms with E-state index in [1.54, 1.807) is 0 Å². The number of nitrogens with zero attached hydrogens (tertiary/aromatic N) is 3. The summed E-state index contributed by atoms with van der Waals surface area (Å²) in [6.45, 7) is 2.88. The number of nitrogens with one attached hydrogen (secondary N) is 3. The summed E-state index contributed by atoms with van der Waals surface area (Å²) in [6, 6.07) is 1.15. The Hall–Kier alpha value is -4.84. The number of amides is 4. The Morgan fingerprint density at radius 3 is 2.25 bits per heavy atom. The van der Waals surface area contributed by atoms with Crippen molar-refractivity contribution in [2.75, 3.05) is 19.6 Å². The van der Waals surface area contributed by atoms with Gasteiger partial charge in [-0.15, -0.1) is 0 Å². The molecule has 0 saturated carbocycles. The Kier molecular flexibility index (Phi) is 15.6. The van der Waals surface area contributed by atoms with Gasteiger partial charge >= 0.3 is 5.97 Å². The lowest BCUT2D eigenvalue weighted by molar-refractivity contribution is -0.525. The molecule has 266 valence electrons. The Labute approximate surface area is 278 Å². The lowest BCUT2D eigenvalue weighted by Gasteiger charge is -2.31. The Bertz CT molecular complexity index is 1310. The summed E-state index contributed by atoms with van der Waals surface area (Å²) in [7, 11) is 0. The Balaban J connectivity index is 2.22. The summed E-state index contributed by atoms with van der Waals surface area (Å²) in [6.07, 6.45) is 1.55. The fraction of sp³-hybridized carbons (Fsp3) is 0.600. The molecule has 1 saturated heterocycles. The van der Waals surface area contributed by atoms with Crippen molar-refractivity contribution < 1.29 is 34.0 Å². The van der Waals surface area contributed by atoms with Crippen molar-refractivity contribution in [3.63, 3.8) is 0 Å². The van der Waals surface area contributed by atoms with Gasteiger partial charge in [-0.3, -0.25) is 34.3 Å². The third-order valence-corrected chi connectivity index (χ3v) is 8.10. The van der Waals surface area contributed by atoms with E-state index in [1.165, 1.54) is 13.8 Å². The number of likely N-dealkylation sites (tertiary alicyclic amines) is 1. The highest BCUT2D eigenvalue weighted by Gasteiger charge is 2.45. The van der Waals surface area contributed by atoms with Crippen LogP contribution in [-0.4, -0.2) is 106 Å². The highest BCUT2D eigenvalue weighted by molar-refractivity contribution is 5.96. The maximum atomic E-state index is 13.8. The second-order valence-electron chi connectivity index (χ2n) is 11.8. The molecule has 1 fully saturated rings. The van der Waals surface area contributed by atoms with Crippen molar-refractivity contribution in [2.24, 2.45) is 33.8 Å². The van der Waals surface area contributed by atoms with Gasteiger partial charge in [0.1, 0.15) is 18.1 Å². The number of nitrogens with two attached hydrogens (primary N) is 4. The molecular formula is C30H48N10O8. The molecule has 1 heterocycles. The lowest BCUT2D eigenvalue weighted by Crippen LogP contribution is -2.61. The van der Waals surface area contributed by atoms with Gasteiger partial charge in [-0.05, 0) is 64.0 Å². The molecule has 1 aromatic carbocycles. The van der Waals surface area contributed by atoms with Gasteiger partial charge in [0.25, 0.3) is 5.91 Å². The topological polar surface area (TPSA) is 304 Å². The van der Waals surface area contributed by atoms with Crippen LogP contribution in [0.5, 0.6) is 0 Å². The monoisotopic (exact) mass is 676 g/mol. The molecule has 1 aromatic rings. The maximum absolute atomic E-state index is 13.8. The van der Waals surface area contributed by atoms with E-state index in [1.807, 2.05) is 30.3 Å². The Morgan fingerprint density at radius 2 is 1.69 bits per heavy atom. The van der Waals surface area contributed by atoms with Crippen LogP contribution < -0.4 is 38.9 Å². The molecule has 1 aliphatic heterocycles. The second-order valence-corrected chi connectivity index (χ2v) is 11.8. The summed E-state index contributed by atoms with van der Waals surface area (Å²) in [5.41, 5.74) is 22.8. The van der Waals surface area contributed by atoms with Crippen LogP contribution in [0.1, 0.15) is 51.5 Å². The van der Waals surface area contributed by atoms with Crippen LogP contribution in [0.2, 0.25) is 0 Å². The van der Waals surface area contributed by atoms with Gasteiger partial charge in [0.05, 0.1) is 6.04 Å². The van der Waals surface area contributed by atoms with Gasteiger partial charge in [0.2, 0.25) is 23.8 Å². The van der Waals surface area contributed by atoms with E-state index in [0.29, 0.717) is 32.2 Å². The molecule has 4 amide bonds. The van der Waals surface area contributed by atoms with Gasteiger partial charge in [-0.1, -0.05) is 30.3 Å². The number of hydrogen-bond acceptors (Lipinski definition) is 10. The maximum Gasteiger partial charge on any atom is 0.326 e. The van der Waals surface area contributed by atoms with Crippen LogP contribution in [0.15, 0.2) is 35.3 Å². The van der Waals surface area contributed by atoms with Crippen molar-refractivity contribution in [3.8, 4) is 0 Å². The van der Waals surface area contributed by atoms with E-state index >= 15 is 0 Å². The zero-order valence-electron chi connectivity index (χ0n) is 27.2. The van der Waals surface area contributed by atoms with E-state index in [4.69, 9.17) is 22.9 Å². The van der Waals surface area contributed by atoms with E-state index < -0.39 is 76.7 Å². The SMILES string of the molecule is C[C@H](N)C(=O)N[C@H](C(=O)N1CCC[C@H]1C(=O)N[C@@H](C)C(=O)N[C@H](C(=O)O)C(CCCN)Cc1ccccc1)C(CCN=C(N)N)[N+](=O)[O-]. The average molecular weight is 677 g/mol. The summed E-state index contributed by atoms with van der Waals surface area (Å²) < 4.78 is 0. The lowest BCUT2D eigenvalue weighted by atomic mass is 9.88. The van der Waals surface area contributed by atoms with Crippen LogP contribution in [0, 0.1) is 16.0 Å². The molecule has 7 atom stereocenters. The molecule has 2 rings (SSSR count). The van der Waals surface area contributed by atoms with Gasteiger partial charge in [0, 0.05) is 24.4 Å². The van der Waals surface area contributed by atoms with Crippen LogP contribution in [-0.2, 0) is 30.4 Å². The van der Waals surface area contributed by atoms with Crippen LogP contribution in [0.25, 0.3) is 0 Å². The smallest absolute Gasteiger partial charge is 0.326 e. The first-order valence-corrected chi connectivity index (χ1v) is 15.8. The molecule has 18 nitrogen and oxygen atoms in total. The number of guanidine groups is 1. The zero-order chi connectivity index (χ0) is 36.0. The summed E-state index contributed by atoms with van der Waals surface area (Å²) in [5.74, 6) is -5.24. The van der Waals surface area contributed by atoms with Crippen molar-refractivity contribution in [1.29, 1.82) is 0 Å². The summed E-state index contributed by atoms with van der Waals surface area (Å²) in [4.78, 5) is 81.3. The fourth-order valence-electron chi connectivity index (χ4n) is 5.53. The third kappa shape index (κ3) is 11.8. The number of carboxylic acid groups (broad SMARTS) is 1. The predicted molar refractivity (Wildman–Crippen MR) is 175 cm³/mol. The van der Waals surface area contributed by atoms with E-state index in [2.05, 4.69) is 20.9 Å². The Morgan fingerprint density at radius 1 is 1.04 bits per heavy atom. The molecule has 48 heavy (non-hydrogen) atoms. The van der Waals surface area contributed by atoms with Crippen LogP contribution >= 0.6 is 0 Å². The van der Waals surface area contributed by atoms with Gasteiger partial charge in [0.15, 0.2) is 12.0 Å². The van der Waals surface area contributed by atoms with Gasteiger partial charge < -0.3 is 48.9 Å². The molecule has 12 N–H and O–H groups in total. The third-order valence-electron chi connectivity index (χ3n) is 8.10. The van der Waals surface area contributed by atoms with E-state index in [9.17, 15) is 39.2 Å². The number of nitro groups is 1. The predicted octanol–water partition coefficient (Wildman–Crippen LogP) is -2.21. The summed E-state index contributed by atoms with van der Waals surface area (Å²) >= 11 is 0. The number of aliphatic imine (C=N–C) groups is 1. The molecule has 2 unspecified atom stereocenters. The molecule has 0 bridgehead atoms. The number of benzene rings is 1. The first-order valence-electron chi connectivity index (χ1n) is 15.8. The molecule has 0 radical (unpaired) electrons. The summed E-state index contributed by atoms with van der Waals surface area (Å²) in [5, 5.41) is 29.5. The molecule has 0 aliphatic carbocycles.